The van der Waals surface area contributed by atoms with Crippen molar-refractivity contribution in [3.8, 4) is 5.75 Å². The lowest BCUT2D eigenvalue weighted by Crippen LogP contribution is -2.35. The molecule has 0 bridgehead atoms. The molecule has 0 radical (unpaired) electrons. The van der Waals surface area contributed by atoms with Crippen molar-refractivity contribution in [1.29, 1.82) is 0 Å². The average molecular weight is 228 g/mol. The Morgan fingerprint density at radius 2 is 2.00 bits per heavy atom. The van der Waals surface area contributed by atoms with Crippen LogP contribution < -0.4 is 10.1 Å². The van der Waals surface area contributed by atoms with Gasteiger partial charge in [-0.25, -0.2) is 0 Å². The van der Waals surface area contributed by atoms with Crippen LogP contribution in [0.25, 0.3) is 0 Å². The van der Waals surface area contributed by atoms with Gasteiger partial charge in [-0.05, 0) is 32.4 Å². The largest absolute Gasteiger partial charge is 0.495 e. The molecule has 0 heterocycles. The van der Waals surface area contributed by atoms with Gasteiger partial charge in [0.2, 0.25) is 0 Å². The van der Waals surface area contributed by atoms with Crippen LogP contribution in [0.2, 0.25) is 5.02 Å². The number of halogens is 1. The number of rotatable bonds is 3. The first-order valence-electron chi connectivity index (χ1n) is 5.00. The van der Waals surface area contributed by atoms with Crippen LogP contribution in [0.4, 0.5) is 0 Å². The second-order valence-corrected chi connectivity index (χ2v) is 4.91. The average Bonchev–Trinajstić information content (AvgIpc) is 2.15. The highest BCUT2D eigenvalue weighted by atomic mass is 35.5. The molecule has 3 heteroatoms. The highest BCUT2D eigenvalue weighted by molar-refractivity contribution is 6.32. The molecule has 0 saturated carbocycles. The van der Waals surface area contributed by atoms with E-state index in [0.717, 1.165) is 17.9 Å². The predicted octanol–water partition coefficient (Wildman–Crippen LogP) is 3.24. The first kappa shape index (κ1) is 12.3. The van der Waals surface area contributed by atoms with Gasteiger partial charge in [-0.15, -0.1) is 0 Å². The standard InChI is InChI=1S/C12H18ClNO/c1-12(2,3)14-8-9-6-5-7-10(15-4)11(9)13/h5-7,14H,8H2,1-4H3. The first-order valence-corrected chi connectivity index (χ1v) is 5.38. The van der Waals surface area contributed by atoms with Crippen LogP contribution in [0.5, 0.6) is 5.75 Å². The zero-order valence-electron chi connectivity index (χ0n) is 9.73. The summed E-state index contributed by atoms with van der Waals surface area (Å²) in [6.07, 6.45) is 0. The minimum Gasteiger partial charge on any atom is -0.495 e. The molecule has 1 N–H and O–H groups in total. The molecule has 0 aromatic heterocycles. The quantitative estimate of drug-likeness (QED) is 0.856. The van der Waals surface area contributed by atoms with Crippen molar-refractivity contribution in [2.45, 2.75) is 32.9 Å². The highest BCUT2D eigenvalue weighted by Crippen LogP contribution is 2.27. The molecule has 84 valence electrons. The normalized spacial score (nSPS) is 11.5. The first-order chi connectivity index (χ1) is 6.94. The van der Waals surface area contributed by atoms with Gasteiger partial charge in [-0.3, -0.25) is 0 Å². The van der Waals surface area contributed by atoms with Crippen LogP contribution in [0, 0.1) is 0 Å². The van der Waals surface area contributed by atoms with E-state index in [-0.39, 0.29) is 5.54 Å². The maximum Gasteiger partial charge on any atom is 0.137 e. The van der Waals surface area contributed by atoms with Gasteiger partial charge >= 0.3 is 0 Å². The summed E-state index contributed by atoms with van der Waals surface area (Å²) in [7, 11) is 1.63. The van der Waals surface area contributed by atoms with Crippen molar-refractivity contribution in [1.82, 2.24) is 5.32 Å². The molecule has 0 saturated heterocycles. The third-order valence-electron chi connectivity index (χ3n) is 2.07. The number of benzene rings is 1. The Balaban J connectivity index is 2.78. The number of ether oxygens (including phenoxy) is 1. The van der Waals surface area contributed by atoms with Crippen molar-refractivity contribution >= 4 is 11.6 Å². The Morgan fingerprint density at radius 3 is 2.53 bits per heavy atom. The van der Waals surface area contributed by atoms with Crippen LogP contribution in [-0.2, 0) is 6.54 Å². The number of hydrogen-bond acceptors (Lipinski definition) is 2. The highest BCUT2D eigenvalue weighted by Gasteiger charge is 2.11. The van der Waals surface area contributed by atoms with Gasteiger partial charge in [-0.2, -0.15) is 0 Å². The van der Waals surface area contributed by atoms with E-state index >= 15 is 0 Å². The predicted molar refractivity (Wildman–Crippen MR) is 64.6 cm³/mol. The summed E-state index contributed by atoms with van der Waals surface area (Å²) in [6, 6.07) is 5.82. The maximum absolute atomic E-state index is 6.17. The second-order valence-electron chi connectivity index (χ2n) is 4.54. The van der Waals surface area contributed by atoms with Gasteiger partial charge in [0.25, 0.3) is 0 Å². The molecule has 0 atom stereocenters. The summed E-state index contributed by atoms with van der Waals surface area (Å²) in [5.74, 6) is 0.727. The van der Waals surface area contributed by atoms with E-state index in [2.05, 4.69) is 26.1 Å². The molecule has 0 fully saturated rings. The summed E-state index contributed by atoms with van der Waals surface area (Å²) in [6.45, 7) is 7.13. The van der Waals surface area contributed by atoms with Gasteiger partial charge in [0.15, 0.2) is 0 Å². The van der Waals surface area contributed by atoms with Gasteiger partial charge in [0.05, 0.1) is 12.1 Å². The summed E-state index contributed by atoms with van der Waals surface area (Å²) in [5, 5.41) is 4.08. The fourth-order valence-corrected chi connectivity index (χ4v) is 1.48. The molecular formula is C12H18ClNO. The Bertz CT molecular complexity index is 331. The number of nitrogens with one attached hydrogen (secondary N) is 1. The Morgan fingerprint density at radius 1 is 1.33 bits per heavy atom. The molecule has 0 aliphatic heterocycles. The third kappa shape index (κ3) is 3.73. The van der Waals surface area contributed by atoms with E-state index in [4.69, 9.17) is 16.3 Å². The molecular weight excluding hydrogens is 210 g/mol. The van der Waals surface area contributed by atoms with Crippen LogP contribution >= 0.6 is 11.6 Å². The van der Waals surface area contributed by atoms with Gasteiger partial charge in [0.1, 0.15) is 5.75 Å². The zero-order valence-corrected chi connectivity index (χ0v) is 10.5. The summed E-state index contributed by atoms with van der Waals surface area (Å²) in [5.41, 5.74) is 1.15. The lowest BCUT2D eigenvalue weighted by molar-refractivity contribution is 0.409. The van der Waals surface area contributed by atoms with Crippen molar-refractivity contribution in [2.75, 3.05) is 7.11 Å². The van der Waals surface area contributed by atoms with Gasteiger partial charge < -0.3 is 10.1 Å². The lowest BCUT2D eigenvalue weighted by atomic mass is 10.1. The summed E-state index contributed by atoms with van der Waals surface area (Å²) >= 11 is 6.17. The van der Waals surface area contributed by atoms with E-state index in [1.807, 2.05) is 18.2 Å². The van der Waals surface area contributed by atoms with Gasteiger partial charge in [0, 0.05) is 12.1 Å². The van der Waals surface area contributed by atoms with Crippen molar-refractivity contribution < 1.29 is 4.74 Å². The Kier molecular flexibility index (Phi) is 4.00. The van der Waals surface area contributed by atoms with Gasteiger partial charge in [-0.1, -0.05) is 23.7 Å². The molecule has 0 amide bonds. The minimum atomic E-state index is 0.0897. The zero-order chi connectivity index (χ0) is 11.5. The summed E-state index contributed by atoms with van der Waals surface area (Å²) in [4.78, 5) is 0. The Hall–Kier alpha value is -0.730. The lowest BCUT2D eigenvalue weighted by Gasteiger charge is -2.21. The smallest absolute Gasteiger partial charge is 0.137 e. The van der Waals surface area contributed by atoms with E-state index in [9.17, 15) is 0 Å². The number of hydrogen-bond donors (Lipinski definition) is 1. The third-order valence-corrected chi connectivity index (χ3v) is 2.50. The molecule has 0 aliphatic carbocycles. The van der Waals surface area contributed by atoms with E-state index < -0.39 is 0 Å². The van der Waals surface area contributed by atoms with Crippen LogP contribution in [0.15, 0.2) is 18.2 Å². The minimum absolute atomic E-state index is 0.0897. The Labute approximate surface area is 96.6 Å². The molecule has 1 rings (SSSR count). The molecule has 0 spiro atoms. The van der Waals surface area contributed by atoms with E-state index in [1.165, 1.54) is 0 Å². The number of methoxy groups -OCH3 is 1. The van der Waals surface area contributed by atoms with Crippen molar-refractivity contribution in [3.05, 3.63) is 28.8 Å². The van der Waals surface area contributed by atoms with Crippen LogP contribution in [-0.4, -0.2) is 12.6 Å². The van der Waals surface area contributed by atoms with E-state index in [1.54, 1.807) is 7.11 Å². The maximum atomic E-state index is 6.17. The topological polar surface area (TPSA) is 21.3 Å². The van der Waals surface area contributed by atoms with Crippen LogP contribution in [0.3, 0.4) is 0 Å². The fourth-order valence-electron chi connectivity index (χ4n) is 1.21. The van der Waals surface area contributed by atoms with Crippen molar-refractivity contribution in [2.24, 2.45) is 0 Å². The molecule has 0 aliphatic rings. The molecule has 2 nitrogen and oxygen atoms in total. The van der Waals surface area contributed by atoms with E-state index in [0.29, 0.717) is 5.02 Å². The molecule has 1 aromatic carbocycles. The molecule has 15 heavy (non-hydrogen) atoms. The second kappa shape index (κ2) is 4.86. The molecule has 0 unspecified atom stereocenters. The fraction of sp³-hybridized carbons (Fsp3) is 0.500. The SMILES string of the molecule is COc1cccc(CNC(C)(C)C)c1Cl. The molecule has 1 aromatic rings. The monoisotopic (exact) mass is 227 g/mol. The summed E-state index contributed by atoms with van der Waals surface area (Å²) < 4.78 is 5.16. The van der Waals surface area contributed by atoms with Crippen molar-refractivity contribution in [3.63, 3.8) is 0 Å². The van der Waals surface area contributed by atoms with Crippen LogP contribution in [0.1, 0.15) is 26.3 Å².